The summed E-state index contributed by atoms with van der Waals surface area (Å²) in [4.78, 5) is 8.63. The van der Waals surface area contributed by atoms with Crippen molar-refractivity contribution in [2.24, 2.45) is 0 Å². The number of aryl methyl sites for hydroxylation is 1. The predicted octanol–water partition coefficient (Wildman–Crippen LogP) is 2.74. The van der Waals surface area contributed by atoms with Crippen molar-refractivity contribution in [2.75, 3.05) is 19.5 Å². The molecule has 0 saturated heterocycles. The van der Waals surface area contributed by atoms with Gasteiger partial charge in [0, 0.05) is 24.8 Å². The summed E-state index contributed by atoms with van der Waals surface area (Å²) in [5.74, 6) is 1.68. The molecule has 0 bridgehead atoms. The normalized spacial score (nSPS) is 10.7. The first kappa shape index (κ1) is 12.7. The van der Waals surface area contributed by atoms with Gasteiger partial charge < -0.3 is 4.74 Å². The molecule has 3 nitrogen and oxygen atoms in total. The second-order valence-corrected chi connectivity index (χ2v) is 4.50. The van der Waals surface area contributed by atoms with Crippen molar-refractivity contribution in [2.45, 2.75) is 25.3 Å². The van der Waals surface area contributed by atoms with Crippen molar-refractivity contribution in [3.63, 3.8) is 0 Å². The molecule has 84 valence electrons. The van der Waals surface area contributed by atoms with Crippen LogP contribution in [0, 0.1) is 6.92 Å². The van der Waals surface area contributed by atoms with Gasteiger partial charge in [0.25, 0.3) is 0 Å². The Labute approximate surface area is 99.6 Å². The first-order valence-electron chi connectivity index (χ1n) is 4.83. The quantitative estimate of drug-likeness (QED) is 0.455. The SMILES string of the molecule is CCc1nc(Cl)c(C)c(SCCOC)n1. The van der Waals surface area contributed by atoms with Crippen molar-refractivity contribution in [3.8, 4) is 0 Å². The van der Waals surface area contributed by atoms with Gasteiger partial charge in [0.1, 0.15) is 16.0 Å². The molecular weight excluding hydrogens is 232 g/mol. The lowest BCUT2D eigenvalue weighted by molar-refractivity contribution is 0.218. The summed E-state index contributed by atoms with van der Waals surface area (Å²) in [6.07, 6.45) is 0.803. The lowest BCUT2D eigenvalue weighted by Gasteiger charge is -2.07. The molecule has 1 aromatic heterocycles. The molecule has 0 fully saturated rings. The molecule has 1 aromatic rings. The average molecular weight is 247 g/mol. The number of halogens is 1. The maximum Gasteiger partial charge on any atom is 0.136 e. The van der Waals surface area contributed by atoms with Crippen molar-refractivity contribution in [3.05, 3.63) is 16.5 Å². The Kier molecular flexibility index (Phi) is 5.36. The van der Waals surface area contributed by atoms with Gasteiger partial charge in [-0.2, -0.15) is 0 Å². The van der Waals surface area contributed by atoms with Gasteiger partial charge in [-0.05, 0) is 6.92 Å². The van der Waals surface area contributed by atoms with E-state index in [-0.39, 0.29) is 0 Å². The van der Waals surface area contributed by atoms with E-state index in [0.717, 1.165) is 28.6 Å². The van der Waals surface area contributed by atoms with Gasteiger partial charge in [-0.25, -0.2) is 9.97 Å². The summed E-state index contributed by atoms with van der Waals surface area (Å²) in [5, 5.41) is 1.52. The number of aromatic nitrogens is 2. The predicted molar refractivity (Wildman–Crippen MR) is 63.8 cm³/mol. The zero-order valence-electron chi connectivity index (χ0n) is 9.21. The van der Waals surface area contributed by atoms with Gasteiger partial charge in [-0.15, -0.1) is 11.8 Å². The van der Waals surface area contributed by atoms with Gasteiger partial charge in [-0.3, -0.25) is 0 Å². The zero-order valence-corrected chi connectivity index (χ0v) is 10.8. The van der Waals surface area contributed by atoms with Crippen LogP contribution >= 0.6 is 23.4 Å². The molecule has 0 aliphatic rings. The van der Waals surface area contributed by atoms with Gasteiger partial charge in [-0.1, -0.05) is 18.5 Å². The van der Waals surface area contributed by atoms with E-state index < -0.39 is 0 Å². The Bertz CT molecular complexity index is 333. The fourth-order valence-corrected chi connectivity index (χ4v) is 2.20. The molecular formula is C10H15ClN2OS. The molecule has 0 unspecified atom stereocenters. The van der Waals surface area contributed by atoms with E-state index in [0.29, 0.717) is 11.8 Å². The highest BCUT2D eigenvalue weighted by Crippen LogP contribution is 2.24. The van der Waals surface area contributed by atoms with Gasteiger partial charge in [0.2, 0.25) is 0 Å². The fourth-order valence-electron chi connectivity index (χ4n) is 1.03. The molecule has 1 heterocycles. The van der Waals surface area contributed by atoms with Crippen LogP contribution in [-0.4, -0.2) is 29.4 Å². The van der Waals surface area contributed by atoms with Crippen LogP contribution in [0.4, 0.5) is 0 Å². The monoisotopic (exact) mass is 246 g/mol. The molecule has 15 heavy (non-hydrogen) atoms. The second kappa shape index (κ2) is 6.30. The zero-order chi connectivity index (χ0) is 11.3. The van der Waals surface area contributed by atoms with Crippen LogP contribution in [0.5, 0.6) is 0 Å². The number of rotatable bonds is 5. The fraction of sp³-hybridized carbons (Fsp3) is 0.600. The summed E-state index contributed by atoms with van der Waals surface area (Å²) >= 11 is 7.67. The van der Waals surface area contributed by atoms with E-state index in [2.05, 4.69) is 9.97 Å². The maximum absolute atomic E-state index is 6.01. The molecule has 1 rings (SSSR count). The molecule has 0 N–H and O–H groups in total. The molecule has 0 aliphatic carbocycles. The van der Waals surface area contributed by atoms with Crippen LogP contribution in [0.25, 0.3) is 0 Å². The summed E-state index contributed by atoms with van der Waals surface area (Å²) in [7, 11) is 1.69. The summed E-state index contributed by atoms with van der Waals surface area (Å²) in [6, 6.07) is 0. The van der Waals surface area contributed by atoms with Crippen LogP contribution in [0.2, 0.25) is 5.15 Å². The van der Waals surface area contributed by atoms with Gasteiger partial charge in [0.15, 0.2) is 0 Å². The number of hydrogen-bond acceptors (Lipinski definition) is 4. The van der Waals surface area contributed by atoms with E-state index >= 15 is 0 Å². The molecule has 0 aromatic carbocycles. The highest BCUT2D eigenvalue weighted by molar-refractivity contribution is 7.99. The molecule has 0 aliphatic heterocycles. The second-order valence-electron chi connectivity index (χ2n) is 3.06. The van der Waals surface area contributed by atoms with E-state index in [1.165, 1.54) is 0 Å². The van der Waals surface area contributed by atoms with Crippen LogP contribution in [0.15, 0.2) is 5.03 Å². The summed E-state index contributed by atoms with van der Waals surface area (Å²) in [6.45, 7) is 4.68. The third-order valence-corrected chi connectivity index (χ3v) is 3.34. The summed E-state index contributed by atoms with van der Waals surface area (Å²) in [5.41, 5.74) is 0.954. The lowest BCUT2D eigenvalue weighted by Crippen LogP contribution is -2.00. The Hall–Kier alpha value is -0.320. The standard InChI is InChI=1S/C10H15ClN2OS/c1-4-8-12-9(11)7(2)10(13-8)15-6-5-14-3/h4-6H2,1-3H3. The lowest BCUT2D eigenvalue weighted by atomic mass is 10.3. The highest BCUT2D eigenvalue weighted by Gasteiger charge is 2.08. The maximum atomic E-state index is 6.01. The Morgan fingerprint density at radius 3 is 2.73 bits per heavy atom. The Morgan fingerprint density at radius 1 is 1.40 bits per heavy atom. The number of methoxy groups -OCH3 is 1. The topological polar surface area (TPSA) is 35.0 Å². The molecule has 0 spiro atoms. The first-order chi connectivity index (χ1) is 7.19. The molecule has 0 amide bonds. The number of ether oxygens (including phenoxy) is 1. The molecule has 0 atom stereocenters. The van der Waals surface area contributed by atoms with Crippen LogP contribution < -0.4 is 0 Å². The number of nitrogens with zero attached hydrogens (tertiary/aromatic N) is 2. The minimum Gasteiger partial charge on any atom is -0.384 e. The van der Waals surface area contributed by atoms with E-state index in [9.17, 15) is 0 Å². The average Bonchev–Trinajstić information content (AvgIpc) is 2.24. The number of thioether (sulfide) groups is 1. The van der Waals surface area contributed by atoms with Crippen LogP contribution in [-0.2, 0) is 11.2 Å². The van der Waals surface area contributed by atoms with Crippen LogP contribution in [0.3, 0.4) is 0 Å². The van der Waals surface area contributed by atoms with E-state index in [4.69, 9.17) is 16.3 Å². The smallest absolute Gasteiger partial charge is 0.136 e. The van der Waals surface area contributed by atoms with E-state index in [1.54, 1.807) is 18.9 Å². The Morgan fingerprint density at radius 2 is 2.13 bits per heavy atom. The number of hydrogen-bond donors (Lipinski definition) is 0. The summed E-state index contributed by atoms with van der Waals surface area (Å²) < 4.78 is 4.99. The molecule has 0 radical (unpaired) electrons. The van der Waals surface area contributed by atoms with Gasteiger partial charge in [0.05, 0.1) is 6.61 Å². The minimum atomic E-state index is 0.557. The van der Waals surface area contributed by atoms with E-state index in [1.807, 2.05) is 13.8 Å². The first-order valence-corrected chi connectivity index (χ1v) is 6.20. The van der Waals surface area contributed by atoms with Crippen LogP contribution in [0.1, 0.15) is 18.3 Å². The molecule has 5 heteroatoms. The van der Waals surface area contributed by atoms with Crippen molar-refractivity contribution >= 4 is 23.4 Å². The van der Waals surface area contributed by atoms with Crippen molar-refractivity contribution in [1.82, 2.24) is 9.97 Å². The highest BCUT2D eigenvalue weighted by atomic mass is 35.5. The van der Waals surface area contributed by atoms with Crippen molar-refractivity contribution in [1.29, 1.82) is 0 Å². The third-order valence-electron chi connectivity index (χ3n) is 1.93. The largest absolute Gasteiger partial charge is 0.384 e. The molecule has 0 saturated carbocycles. The Balaban J connectivity index is 2.80. The van der Waals surface area contributed by atoms with Crippen molar-refractivity contribution < 1.29 is 4.74 Å². The minimum absolute atomic E-state index is 0.557. The van der Waals surface area contributed by atoms with Gasteiger partial charge >= 0.3 is 0 Å². The third kappa shape index (κ3) is 3.63.